The lowest BCUT2D eigenvalue weighted by Gasteiger charge is -2.34. The van der Waals surface area contributed by atoms with Crippen LogP contribution in [0.2, 0.25) is 0 Å². The summed E-state index contributed by atoms with van der Waals surface area (Å²) >= 11 is 0. The Balaban J connectivity index is 1.79. The maximum Gasteiger partial charge on any atom is 0.394 e. The number of ether oxygens (including phenoxy) is 3. The van der Waals surface area contributed by atoms with Gasteiger partial charge in [-0.15, -0.1) is 0 Å². The fourth-order valence-electron chi connectivity index (χ4n) is 3.04. The maximum absolute atomic E-state index is 6.33. The highest BCUT2D eigenvalue weighted by molar-refractivity contribution is 5.98. The van der Waals surface area contributed by atoms with Crippen LogP contribution >= 0.6 is 0 Å². The van der Waals surface area contributed by atoms with Gasteiger partial charge in [0.1, 0.15) is 28.6 Å². The summed E-state index contributed by atoms with van der Waals surface area (Å²) in [6.07, 6.45) is 0. The average molecular weight is 415 g/mol. The van der Waals surface area contributed by atoms with Gasteiger partial charge in [-0.25, -0.2) is 0 Å². The van der Waals surface area contributed by atoms with Crippen molar-refractivity contribution >= 4 is 10.5 Å². The quantitative estimate of drug-likeness (QED) is 0.299. The number of hydrogen-bond donors (Lipinski definition) is 0. The van der Waals surface area contributed by atoms with E-state index in [-0.39, 0.29) is 0 Å². The molecular weight excluding hydrogens is 392 g/mol. The summed E-state index contributed by atoms with van der Waals surface area (Å²) in [4.78, 5) is 0. The summed E-state index contributed by atoms with van der Waals surface area (Å²) in [7, 11) is 0.368. The Labute approximate surface area is 179 Å². The SMILES string of the molecule is [SiH3]OC(Oc1ccccc1)(Oc1ccccc1)c1ccccc1Oc1ccccc1. The Kier molecular flexibility index (Phi) is 6.13. The molecule has 0 saturated heterocycles. The van der Waals surface area contributed by atoms with E-state index >= 15 is 0 Å². The van der Waals surface area contributed by atoms with Gasteiger partial charge >= 0.3 is 5.97 Å². The number of hydrogen-bond acceptors (Lipinski definition) is 4. The summed E-state index contributed by atoms with van der Waals surface area (Å²) in [5.74, 6) is 1.05. The monoisotopic (exact) mass is 414 g/mol. The van der Waals surface area contributed by atoms with E-state index in [1.54, 1.807) is 0 Å². The van der Waals surface area contributed by atoms with E-state index in [4.69, 9.17) is 18.6 Å². The van der Waals surface area contributed by atoms with E-state index < -0.39 is 5.97 Å². The molecular formula is C25H22O4Si. The van der Waals surface area contributed by atoms with Crippen LogP contribution in [0.1, 0.15) is 5.56 Å². The van der Waals surface area contributed by atoms with Gasteiger partial charge < -0.3 is 18.6 Å². The second-order valence-corrected chi connectivity index (χ2v) is 6.91. The van der Waals surface area contributed by atoms with Gasteiger partial charge in [-0.2, -0.15) is 0 Å². The van der Waals surface area contributed by atoms with Gasteiger partial charge in [-0.05, 0) is 48.5 Å². The first-order chi connectivity index (χ1) is 14.8. The minimum absolute atomic E-state index is 0.368. The molecule has 0 saturated carbocycles. The minimum Gasteiger partial charge on any atom is -0.457 e. The number of benzene rings is 4. The molecule has 0 N–H and O–H groups in total. The molecule has 0 aliphatic carbocycles. The van der Waals surface area contributed by atoms with Gasteiger partial charge in [0.2, 0.25) is 0 Å². The van der Waals surface area contributed by atoms with Gasteiger partial charge in [-0.1, -0.05) is 66.7 Å². The van der Waals surface area contributed by atoms with Crippen LogP contribution in [-0.2, 0) is 10.4 Å². The van der Waals surface area contributed by atoms with Gasteiger partial charge in [0.25, 0.3) is 0 Å². The fraction of sp³-hybridized carbons (Fsp3) is 0.0400. The molecule has 0 bridgehead atoms. The van der Waals surface area contributed by atoms with Crippen molar-refractivity contribution < 1.29 is 18.6 Å². The lowest BCUT2D eigenvalue weighted by atomic mass is 10.1. The van der Waals surface area contributed by atoms with Crippen LogP contribution in [0.4, 0.5) is 0 Å². The molecule has 30 heavy (non-hydrogen) atoms. The minimum atomic E-state index is -1.50. The van der Waals surface area contributed by atoms with Crippen molar-refractivity contribution in [2.75, 3.05) is 0 Å². The topological polar surface area (TPSA) is 36.9 Å². The van der Waals surface area contributed by atoms with Crippen LogP contribution < -0.4 is 14.2 Å². The standard InChI is InChI=1S/C25H22O4Si/c30-29-25(27-21-14-6-2-7-15-21,28-22-16-8-3-9-17-22)23-18-10-11-19-24(23)26-20-12-4-1-5-13-20/h1-19H,30H3. The van der Waals surface area contributed by atoms with Crippen LogP contribution in [0, 0.1) is 0 Å². The molecule has 4 nitrogen and oxygen atoms in total. The smallest absolute Gasteiger partial charge is 0.394 e. The zero-order chi connectivity index (χ0) is 20.7. The molecule has 5 heteroatoms. The zero-order valence-electron chi connectivity index (χ0n) is 16.6. The Bertz CT molecular complexity index is 1010. The van der Waals surface area contributed by atoms with Crippen molar-refractivity contribution in [1.29, 1.82) is 0 Å². The Morgan fingerprint density at radius 1 is 0.500 bits per heavy atom. The summed E-state index contributed by atoms with van der Waals surface area (Å²) in [6.45, 7) is 0. The van der Waals surface area contributed by atoms with Gasteiger partial charge in [0.15, 0.2) is 10.5 Å². The molecule has 0 aromatic heterocycles. The molecule has 4 rings (SSSR count). The molecule has 0 heterocycles. The molecule has 4 aromatic rings. The average Bonchev–Trinajstić information content (AvgIpc) is 2.81. The number of rotatable bonds is 8. The van der Waals surface area contributed by atoms with Crippen LogP contribution in [0.15, 0.2) is 115 Å². The summed E-state index contributed by atoms with van der Waals surface area (Å²) in [5, 5.41) is 0. The van der Waals surface area contributed by atoms with Crippen molar-refractivity contribution in [2.45, 2.75) is 5.97 Å². The third kappa shape index (κ3) is 4.54. The van der Waals surface area contributed by atoms with Crippen LogP contribution in [0.5, 0.6) is 23.0 Å². The molecule has 4 aromatic carbocycles. The van der Waals surface area contributed by atoms with Crippen molar-refractivity contribution in [1.82, 2.24) is 0 Å². The zero-order valence-corrected chi connectivity index (χ0v) is 18.6. The Hall–Kier alpha value is -3.54. The Morgan fingerprint density at radius 2 is 0.933 bits per heavy atom. The van der Waals surface area contributed by atoms with Gasteiger partial charge in [0, 0.05) is 0 Å². The lowest BCUT2D eigenvalue weighted by Crippen LogP contribution is -2.42. The second-order valence-electron chi connectivity index (χ2n) is 6.50. The summed E-state index contributed by atoms with van der Waals surface area (Å²) in [6, 6.07) is 36.1. The van der Waals surface area contributed by atoms with Gasteiger partial charge in [0.05, 0.1) is 0 Å². The third-order valence-corrected chi connectivity index (χ3v) is 4.98. The molecule has 0 unspecified atom stereocenters. The first-order valence-electron chi connectivity index (χ1n) is 9.65. The number of para-hydroxylation sites is 4. The molecule has 0 aliphatic rings. The molecule has 0 aliphatic heterocycles. The van der Waals surface area contributed by atoms with E-state index in [2.05, 4.69) is 0 Å². The van der Waals surface area contributed by atoms with Crippen LogP contribution in [0.25, 0.3) is 0 Å². The lowest BCUT2D eigenvalue weighted by molar-refractivity contribution is -0.263. The van der Waals surface area contributed by atoms with Crippen LogP contribution in [0.3, 0.4) is 0 Å². The normalized spacial score (nSPS) is 11.1. The van der Waals surface area contributed by atoms with E-state index in [1.807, 2.05) is 115 Å². The van der Waals surface area contributed by atoms with E-state index in [0.717, 1.165) is 0 Å². The summed E-state index contributed by atoms with van der Waals surface area (Å²) in [5.41, 5.74) is 0.636. The third-order valence-electron chi connectivity index (χ3n) is 4.45. The Morgan fingerprint density at radius 3 is 1.43 bits per heavy atom. The van der Waals surface area contributed by atoms with E-state index in [9.17, 15) is 0 Å². The van der Waals surface area contributed by atoms with Gasteiger partial charge in [-0.3, -0.25) is 0 Å². The molecule has 150 valence electrons. The maximum atomic E-state index is 6.33. The highest BCUT2D eigenvalue weighted by Crippen LogP contribution is 2.38. The van der Waals surface area contributed by atoms with E-state index in [1.165, 1.54) is 0 Å². The molecule has 0 fully saturated rings. The summed E-state index contributed by atoms with van der Waals surface area (Å²) < 4.78 is 24.9. The molecule has 0 spiro atoms. The van der Waals surface area contributed by atoms with Crippen molar-refractivity contribution in [3.63, 3.8) is 0 Å². The predicted molar refractivity (Wildman–Crippen MR) is 120 cm³/mol. The molecule has 0 amide bonds. The van der Waals surface area contributed by atoms with E-state index in [0.29, 0.717) is 39.0 Å². The second kappa shape index (κ2) is 9.30. The molecule has 0 radical (unpaired) electrons. The van der Waals surface area contributed by atoms with Crippen molar-refractivity contribution in [2.24, 2.45) is 0 Å². The highest BCUT2D eigenvalue weighted by atomic mass is 28.2. The predicted octanol–water partition coefficient (Wildman–Crippen LogP) is 5.04. The largest absolute Gasteiger partial charge is 0.457 e. The molecule has 0 atom stereocenters. The van der Waals surface area contributed by atoms with Crippen molar-refractivity contribution in [3.05, 3.63) is 121 Å². The highest BCUT2D eigenvalue weighted by Gasteiger charge is 2.41. The fourth-order valence-corrected chi connectivity index (χ4v) is 3.42. The van der Waals surface area contributed by atoms with Crippen molar-refractivity contribution in [3.8, 4) is 23.0 Å². The first-order valence-corrected chi connectivity index (χ1v) is 10.5. The van der Waals surface area contributed by atoms with Crippen LogP contribution in [-0.4, -0.2) is 10.5 Å². The first kappa shape index (κ1) is 19.8.